The van der Waals surface area contributed by atoms with Crippen LogP contribution in [-0.4, -0.2) is 59.5 Å². The monoisotopic (exact) mass is 446 g/mol. The van der Waals surface area contributed by atoms with Gasteiger partial charge in [-0.3, -0.25) is 9.48 Å². The van der Waals surface area contributed by atoms with Gasteiger partial charge in [0.15, 0.2) is 11.6 Å². The third-order valence-corrected chi connectivity index (χ3v) is 7.05. The molecule has 7 nitrogen and oxygen atoms in total. The Morgan fingerprint density at radius 2 is 1.68 bits per heavy atom. The Kier molecular flexibility index (Phi) is 5.84. The molecule has 1 aliphatic rings. The van der Waals surface area contributed by atoms with Crippen molar-refractivity contribution in [2.24, 2.45) is 0 Å². The third kappa shape index (κ3) is 4.49. The fraction of sp³-hybridized carbons (Fsp3) is 0.238. The van der Waals surface area contributed by atoms with Gasteiger partial charge in [-0.15, -0.1) is 0 Å². The van der Waals surface area contributed by atoms with E-state index in [4.69, 9.17) is 0 Å². The lowest BCUT2D eigenvalue weighted by atomic mass is 10.1. The zero-order valence-corrected chi connectivity index (χ0v) is 17.3. The van der Waals surface area contributed by atoms with E-state index in [0.717, 1.165) is 17.7 Å². The maximum absolute atomic E-state index is 13.5. The van der Waals surface area contributed by atoms with E-state index in [2.05, 4.69) is 5.10 Å². The quantitative estimate of drug-likeness (QED) is 0.603. The van der Waals surface area contributed by atoms with E-state index in [1.807, 2.05) is 24.4 Å². The van der Waals surface area contributed by atoms with Gasteiger partial charge in [0, 0.05) is 44.1 Å². The molecule has 0 saturated carbocycles. The number of carbonyl (C=O) groups is 1. The fourth-order valence-electron chi connectivity index (χ4n) is 3.43. The minimum Gasteiger partial charge on any atom is -0.336 e. The summed E-state index contributed by atoms with van der Waals surface area (Å²) in [6.07, 6.45) is 3.55. The summed E-state index contributed by atoms with van der Waals surface area (Å²) in [5.41, 5.74) is 1.52. The zero-order valence-electron chi connectivity index (χ0n) is 16.5. The molecule has 1 fully saturated rings. The number of halogens is 2. The highest BCUT2D eigenvalue weighted by molar-refractivity contribution is 7.89. The molecule has 1 amide bonds. The van der Waals surface area contributed by atoms with E-state index in [9.17, 15) is 22.0 Å². The van der Waals surface area contributed by atoms with Crippen LogP contribution in [0.2, 0.25) is 0 Å². The average molecular weight is 446 g/mol. The lowest BCUT2D eigenvalue weighted by Gasteiger charge is -2.34. The summed E-state index contributed by atoms with van der Waals surface area (Å²) in [5.74, 6) is -2.51. The van der Waals surface area contributed by atoms with Gasteiger partial charge in [0.25, 0.3) is 5.91 Å². The highest BCUT2D eigenvalue weighted by atomic mass is 32.2. The Bertz CT molecular complexity index is 1170. The van der Waals surface area contributed by atoms with Crippen molar-refractivity contribution in [3.63, 3.8) is 0 Å². The van der Waals surface area contributed by atoms with Crippen LogP contribution in [0.5, 0.6) is 0 Å². The largest absolute Gasteiger partial charge is 0.336 e. The van der Waals surface area contributed by atoms with Gasteiger partial charge in [-0.1, -0.05) is 12.1 Å². The van der Waals surface area contributed by atoms with E-state index in [1.54, 1.807) is 27.9 Å². The van der Waals surface area contributed by atoms with Gasteiger partial charge in [0.1, 0.15) is 0 Å². The number of rotatable bonds is 5. The van der Waals surface area contributed by atoms with Crippen molar-refractivity contribution in [3.8, 4) is 0 Å². The summed E-state index contributed by atoms with van der Waals surface area (Å²) in [6.45, 7) is 1.16. The minimum absolute atomic E-state index is 0.0739. The number of benzene rings is 2. The predicted molar refractivity (Wildman–Crippen MR) is 109 cm³/mol. The van der Waals surface area contributed by atoms with Crippen LogP contribution < -0.4 is 0 Å². The molecule has 0 unspecified atom stereocenters. The first-order valence-corrected chi connectivity index (χ1v) is 11.1. The Balaban J connectivity index is 1.39. The third-order valence-electron chi connectivity index (χ3n) is 5.16. The topological polar surface area (TPSA) is 75.5 Å². The minimum atomic E-state index is -3.97. The van der Waals surface area contributed by atoms with Gasteiger partial charge in [-0.2, -0.15) is 9.40 Å². The van der Waals surface area contributed by atoms with Crippen LogP contribution in [0.15, 0.2) is 65.8 Å². The molecule has 1 aromatic heterocycles. The lowest BCUT2D eigenvalue weighted by molar-refractivity contribution is 0.0698. The van der Waals surface area contributed by atoms with Gasteiger partial charge in [0.2, 0.25) is 10.0 Å². The molecule has 162 valence electrons. The summed E-state index contributed by atoms with van der Waals surface area (Å²) >= 11 is 0. The number of aromatic nitrogens is 2. The van der Waals surface area contributed by atoms with E-state index >= 15 is 0 Å². The highest BCUT2D eigenvalue weighted by Gasteiger charge is 2.31. The van der Waals surface area contributed by atoms with Crippen LogP contribution in [0.4, 0.5) is 8.78 Å². The molecular weight excluding hydrogens is 426 g/mol. The lowest BCUT2D eigenvalue weighted by Crippen LogP contribution is -2.50. The summed E-state index contributed by atoms with van der Waals surface area (Å²) in [5, 5.41) is 4.15. The van der Waals surface area contributed by atoms with Crippen molar-refractivity contribution in [1.82, 2.24) is 19.0 Å². The second-order valence-electron chi connectivity index (χ2n) is 7.17. The molecule has 2 heterocycles. The molecule has 1 saturated heterocycles. The summed E-state index contributed by atoms with van der Waals surface area (Å²) in [4.78, 5) is 14.1. The van der Waals surface area contributed by atoms with Crippen LogP contribution in [0.25, 0.3) is 0 Å². The molecule has 0 aliphatic carbocycles. The van der Waals surface area contributed by atoms with Crippen LogP contribution in [0, 0.1) is 11.6 Å². The first-order chi connectivity index (χ1) is 14.8. The maximum atomic E-state index is 13.5. The Morgan fingerprint density at radius 3 is 2.29 bits per heavy atom. The molecule has 2 aromatic carbocycles. The molecule has 3 aromatic rings. The summed E-state index contributed by atoms with van der Waals surface area (Å²) in [6, 6.07) is 11.5. The average Bonchev–Trinajstić information content (AvgIpc) is 3.29. The number of hydrogen-bond acceptors (Lipinski definition) is 4. The van der Waals surface area contributed by atoms with E-state index in [-0.39, 0.29) is 37.0 Å². The van der Waals surface area contributed by atoms with E-state index in [0.29, 0.717) is 18.2 Å². The molecule has 31 heavy (non-hydrogen) atoms. The second-order valence-corrected chi connectivity index (χ2v) is 9.11. The van der Waals surface area contributed by atoms with Crippen LogP contribution >= 0.6 is 0 Å². The Labute approximate surface area is 178 Å². The molecule has 0 N–H and O–H groups in total. The van der Waals surface area contributed by atoms with E-state index in [1.165, 1.54) is 4.31 Å². The van der Waals surface area contributed by atoms with E-state index < -0.39 is 21.7 Å². The number of piperazine rings is 1. The molecular formula is C21H20F2N4O3S. The normalized spacial score (nSPS) is 15.2. The van der Waals surface area contributed by atoms with Gasteiger partial charge in [-0.25, -0.2) is 17.2 Å². The first kappa shape index (κ1) is 21.1. The van der Waals surface area contributed by atoms with Crippen molar-refractivity contribution in [2.75, 3.05) is 26.2 Å². The van der Waals surface area contributed by atoms with Crippen LogP contribution in [0.1, 0.15) is 15.9 Å². The predicted octanol–water partition coefficient (Wildman–Crippen LogP) is 2.36. The highest BCUT2D eigenvalue weighted by Crippen LogP contribution is 2.20. The molecule has 0 radical (unpaired) electrons. The van der Waals surface area contributed by atoms with Crippen LogP contribution in [0.3, 0.4) is 0 Å². The molecule has 10 heteroatoms. The van der Waals surface area contributed by atoms with Crippen molar-refractivity contribution < 1.29 is 22.0 Å². The summed E-state index contributed by atoms with van der Waals surface area (Å²) < 4.78 is 54.9. The first-order valence-electron chi connectivity index (χ1n) is 9.65. The maximum Gasteiger partial charge on any atom is 0.253 e. The van der Waals surface area contributed by atoms with Gasteiger partial charge < -0.3 is 4.90 Å². The van der Waals surface area contributed by atoms with Crippen molar-refractivity contribution in [2.45, 2.75) is 11.4 Å². The fourth-order valence-corrected chi connectivity index (χ4v) is 4.87. The molecule has 4 rings (SSSR count). The molecule has 0 bridgehead atoms. The standard InChI is InChI=1S/C21H20F2N4O3S/c22-19-7-6-18(14-20(19)23)31(29,30)27-12-10-25(11-13-27)21(28)17-4-2-16(3-5-17)15-26-9-1-8-24-26/h1-9,14H,10-13,15H2. The Morgan fingerprint density at radius 1 is 0.968 bits per heavy atom. The molecule has 1 aliphatic heterocycles. The smallest absolute Gasteiger partial charge is 0.253 e. The van der Waals surface area contributed by atoms with Crippen molar-refractivity contribution in [1.29, 1.82) is 0 Å². The zero-order chi connectivity index (χ0) is 22.0. The number of carbonyl (C=O) groups excluding carboxylic acids is 1. The van der Waals surface area contributed by atoms with Gasteiger partial charge in [0.05, 0.1) is 11.4 Å². The number of hydrogen-bond donors (Lipinski definition) is 0. The number of amides is 1. The SMILES string of the molecule is O=C(c1ccc(Cn2cccn2)cc1)N1CCN(S(=O)(=O)c2ccc(F)c(F)c2)CC1. The second kappa shape index (κ2) is 8.56. The van der Waals surface area contributed by atoms with Crippen LogP contribution in [-0.2, 0) is 16.6 Å². The van der Waals surface area contributed by atoms with Gasteiger partial charge >= 0.3 is 0 Å². The Hall–Kier alpha value is -3.11. The molecule has 0 spiro atoms. The summed E-state index contributed by atoms with van der Waals surface area (Å²) in [7, 11) is -3.97. The molecule has 0 atom stereocenters. The van der Waals surface area contributed by atoms with Crippen molar-refractivity contribution >= 4 is 15.9 Å². The number of sulfonamides is 1. The van der Waals surface area contributed by atoms with Crippen molar-refractivity contribution in [3.05, 3.63) is 83.7 Å². The van der Waals surface area contributed by atoms with Gasteiger partial charge in [-0.05, 0) is 42.0 Å². The number of nitrogens with zero attached hydrogens (tertiary/aromatic N) is 4.